The minimum Gasteiger partial charge on any atom is -0.494 e. The number of carbonyl (C=O) groups excluding carboxylic acids is 2. The fourth-order valence-electron chi connectivity index (χ4n) is 3.72. The lowest BCUT2D eigenvalue weighted by Gasteiger charge is -2.30. The van der Waals surface area contributed by atoms with E-state index in [2.05, 4.69) is 5.32 Å². The molecule has 32 heavy (non-hydrogen) atoms. The van der Waals surface area contributed by atoms with Crippen molar-refractivity contribution in [3.05, 3.63) is 40.6 Å². The van der Waals surface area contributed by atoms with Crippen molar-refractivity contribution >= 4 is 60.3 Å². The largest absolute Gasteiger partial charge is 0.494 e. The Morgan fingerprint density at radius 3 is 2.53 bits per heavy atom. The summed E-state index contributed by atoms with van der Waals surface area (Å²) >= 11 is 2.46. The van der Waals surface area contributed by atoms with Crippen molar-refractivity contribution in [2.45, 2.75) is 17.1 Å². The molecule has 1 saturated heterocycles. The number of rotatable bonds is 6. The number of thiophene rings is 2. The van der Waals surface area contributed by atoms with E-state index in [1.807, 2.05) is 6.07 Å². The Labute approximate surface area is 193 Å². The Kier molecular flexibility index (Phi) is 6.52. The van der Waals surface area contributed by atoms with Gasteiger partial charge in [-0.1, -0.05) is 6.07 Å². The summed E-state index contributed by atoms with van der Waals surface area (Å²) in [7, 11) is -0.698. The lowest BCUT2D eigenvalue weighted by molar-refractivity contribution is -0.120. The van der Waals surface area contributed by atoms with Gasteiger partial charge in [-0.25, -0.2) is 13.2 Å². The van der Waals surface area contributed by atoms with Crippen molar-refractivity contribution in [3.63, 3.8) is 0 Å². The van der Waals surface area contributed by atoms with Crippen molar-refractivity contribution < 1.29 is 27.5 Å². The van der Waals surface area contributed by atoms with Gasteiger partial charge in [-0.2, -0.15) is 4.31 Å². The summed E-state index contributed by atoms with van der Waals surface area (Å²) in [5, 5.41) is 5.37. The highest BCUT2D eigenvalue weighted by atomic mass is 32.2. The summed E-state index contributed by atoms with van der Waals surface area (Å²) in [5.74, 6) is -0.492. The van der Waals surface area contributed by atoms with Crippen LogP contribution in [0.2, 0.25) is 0 Å². The maximum atomic E-state index is 12.8. The van der Waals surface area contributed by atoms with Crippen molar-refractivity contribution in [2.24, 2.45) is 5.92 Å². The fraction of sp³-hybridized carbons (Fsp3) is 0.333. The van der Waals surface area contributed by atoms with Gasteiger partial charge in [0.1, 0.15) is 4.21 Å². The standard InChI is InChI=1S/C21H22N2O6S3/c1-28-18-15-12-14(5-6-16(15)31-19(18)21(25)29-2)22-20(24)13-7-9-23(10-8-13)32(26,27)17-4-3-11-30-17/h3-6,11-13H,7-10H2,1-2H3,(H,22,24). The second-order valence-electron chi connectivity index (χ2n) is 7.27. The van der Waals surface area contributed by atoms with Crippen molar-refractivity contribution in [1.82, 2.24) is 4.31 Å². The predicted molar refractivity (Wildman–Crippen MR) is 124 cm³/mol. The summed E-state index contributed by atoms with van der Waals surface area (Å²) < 4.78 is 38.2. The minimum atomic E-state index is -3.50. The van der Waals surface area contributed by atoms with Crippen LogP contribution < -0.4 is 10.1 Å². The molecule has 1 fully saturated rings. The Morgan fingerprint density at radius 2 is 1.91 bits per heavy atom. The van der Waals surface area contributed by atoms with E-state index in [0.717, 1.165) is 4.70 Å². The van der Waals surface area contributed by atoms with Crippen LogP contribution in [0, 0.1) is 5.92 Å². The number of esters is 1. The molecule has 0 aliphatic carbocycles. The Morgan fingerprint density at radius 1 is 1.16 bits per heavy atom. The molecule has 0 bridgehead atoms. The van der Waals surface area contributed by atoms with Crippen molar-refractivity contribution in [2.75, 3.05) is 32.6 Å². The van der Waals surface area contributed by atoms with E-state index in [9.17, 15) is 18.0 Å². The molecule has 0 radical (unpaired) electrons. The second kappa shape index (κ2) is 9.18. The van der Waals surface area contributed by atoms with Gasteiger partial charge in [0.2, 0.25) is 5.91 Å². The highest BCUT2D eigenvalue weighted by molar-refractivity contribution is 7.91. The number of fused-ring (bicyclic) bond motifs is 1. The molecule has 1 amide bonds. The number of hydrogen-bond acceptors (Lipinski definition) is 8. The molecule has 0 saturated carbocycles. The quantitative estimate of drug-likeness (QED) is 0.523. The van der Waals surface area contributed by atoms with Crippen molar-refractivity contribution in [3.8, 4) is 5.75 Å². The third-order valence-corrected chi connectivity index (χ3v) is 9.80. The molecule has 0 atom stereocenters. The third-order valence-electron chi connectivity index (χ3n) is 5.40. The van der Waals surface area contributed by atoms with Crippen LogP contribution in [0.4, 0.5) is 5.69 Å². The summed E-state index contributed by atoms with van der Waals surface area (Å²) in [4.78, 5) is 25.2. The molecule has 1 N–H and O–H groups in total. The van der Waals surface area contributed by atoms with Crippen LogP contribution in [0.5, 0.6) is 5.75 Å². The maximum absolute atomic E-state index is 12.8. The Hall–Kier alpha value is -2.47. The fourth-order valence-corrected chi connectivity index (χ4v) is 7.41. The molecule has 0 spiro atoms. The molecule has 3 heterocycles. The molecular formula is C21H22N2O6S3. The number of ether oxygens (including phenoxy) is 2. The number of piperidine rings is 1. The first kappa shape index (κ1) is 22.7. The monoisotopic (exact) mass is 494 g/mol. The number of amides is 1. The third kappa shape index (κ3) is 4.25. The maximum Gasteiger partial charge on any atom is 0.351 e. The van der Waals surface area contributed by atoms with Gasteiger partial charge in [-0.05, 0) is 42.5 Å². The highest BCUT2D eigenvalue weighted by Crippen LogP contribution is 2.39. The minimum absolute atomic E-state index is 0.153. The number of methoxy groups -OCH3 is 2. The van der Waals surface area contributed by atoms with Crippen LogP contribution >= 0.6 is 22.7 Å². The van der Waals surface area contributed by atoms with Crippen LogP contribution in [-0.2, 0) is 19.6 Å². The van der Waals surface area contributed by atoms with E-state index in [0.29, 0.717) is 51.8 Å². The summed E-state index contributed by atoms with van der Waals surface area (Å²) in [6.07, 6.45) is 0.903. The summed E-state index contributed by atoms with van der Waals surface area (Å²) in [5.41, 5.74) is 0.587. The lowest BCUT2D eigenvalue weighted by Crippen LogP contribution is -2.41. The average Bonchev–Trinajstić information content (AvgIpc) is 3.47. The van der Waals surface area contributed by atoms with E-state index in [1.54, 1.807) is 29.6 Å². The molecule has 2 aromatic heterocycles. The molecule has 11 heteroatoms. The number of anilines is 1. The van der Waals surface area contributed by atoms with E-state index in [4.69, 9.17) is 9.47 Å². The number of hydrogen-bond donors (Lipinski definition) is 1. The molecular weight excluding hydrogens is 472 g/mol. The van der Waals surface area contributed by atoms with Crippen LogP contribution in [0.25, 0.3) is 10.1 Å². The zero-order valence-corrected chi connectivity index (χ0v) is 19.9. The van der Waals surface area contributed by atoms with E-state index in [1.165, 1.54) is 41.2 Å². The number of sulfonamides is 1. The second-order valence-corrected chi connectivity index (χ2v) is 11.4. The van der Waals surface area contributed by atoms with Crippen LogP contribution in [0.15, 0.2) is 39.9 Å². The molecule has 3 aromatic rings. The van der Waals surface area contributed by atoms with E-state index < -0.39 is 16.0 Å². The number of carbonyl (C=O) groups is 2. The first-order valence-corrected chi connectivity index (χ1v) is 13.0. The average molecular weight is 495 g/mol. The molecule has 1 aliphatic rings. The molecule has 8 nitrogen and oxygen atoms in total. The number of nitrogens with zero attached hydrogens (tertiary/aromatic N) is 1. The van der Waals surface area contributed by atoms with Gasteiger partial charge < -0.3 is 14.8 Å². The molecule has 0 unspecified atom stereocenters. The van der Waals surface area contributed by atoms with Crippen LogP contribution in [0.3, 0.4) is 0 Å². The molecule has 1 aromatic carbocycles. The topological polar surface area (TPSA) is 102 Å². The van der Waals surface area contributed by atoms with Gasteiger partial charge in [-0.3, -0.25) is 4.79 Å². The summed E-state index contributed by atoms with van der Waals surface area (Å²) in [6, 6.07) is 8.67. The number of benzene rings is 1. The van der Waals surface area contributed by atoms with Gasteiger partial charge in [0.05, 0.1) is 14.2 Å². The number of nitrogens with one attached hydrogen (secondary N) is 1. The SMILES string of the molecule is COC(=O)c1sc2ccc(NC(=O)C3CCN(S(=O)(=O)c4cccs4)CC3)cc2c1OC. The highest BCUT2D eigenvalue weighted by Gasteiger charge is 2.32. The first-order valence-electron chi connectivity index (χ1n) is 9.88. The smallest absolute Gasteiger partial charge is 0.351 e. The van der Waals surface area contributed by atoms with Gasteiger partial charge in [0.25, 0.3) is 10.0 Å². The van der Waals surface area contributed by atoms with Crippen molar-refractivity contribution in [1.29, 1.82) is 0 Å². The van der Waals surface area contributed by atoms with Gasteiger partial charge in [0, 0.05) is 34.8 Å². The van der Waals surface area contributed by atoms with E-state index >= 15 is 0 Å². The molecule has 1 aliphatic heterocycles. The first-order chi connectivity index (χ1) is 15.3. The van der Waals surface area contributed by atoms with E-state index in [-0.39, 0.29) is 11.8 Å². The Balaban J connectivity index is 1.45. The zero-order chi connectivity index (χ0) is 22.9. The van der Waals surface area contributed by atoms with Crippen LogP contribution in [-0.4, -0.2) is 51.9 Å². The normalized spacial score (nSPS) is 15.6. The molecule has 4 rings (SSSR count). The molecule has 170 valence electrons. The van der Waals surface area contributed by atoms with Gasteiger partial charge >= 0.3 is 5.97 Å². The Bertz CT molecular complexity index is 1240. The van der Waals surface area contributed by atoms with Crippen LogP contribution in [0.1, 0.15) is 22.5 Å². The van der Waals surface area contributed by atoms with Gasteiger partial charge in [0.15, 0.2) is 10.6 Å². The zero-order valence-electron chi connectivity index (χ0n) is 17.5. The predicted octanol–water partition coefficient (Wildman–Crippen LogP) is 3.80. The summed E-state index contributed by atoms with van der Waals surface area (Å²) in [6.45, 7) is 0.608. The van der Waals surface area contributed by atoms with Gasteiger partial charge in [-0.15, -0.1) is 22.7 Å². The lowest BCUT2D eigenvalue weighted by atomic mass is 9.97.